The van der Waals surface area contributed by atoms with Gasteiger partial charge in [0.2, 0.25) is 0 Å². The average Bonchev–Trinajstić information content (AvgIpc) is 3.40. The van der Waals surface area contributed by atoms with Crippen molar-refractivity contribution in [3.8, 4) is 0 Å². The van der Waals surface area contributed by atoms with E-state index >= 15 is 0 Å². The van der Waals surface area contributed by atoms with E-state index in [1.807, 2.05) is 0 Å². The highest BCUT2D eigenvalue weighted by atomic mass is 15.4. The number of nitrogens with one attached hydrogen (secondary N) is 1. The van der Waals surface area contributed by atoms with Crippen LogP contribution in [0.25, 0.3) is 0 Å². The Hall–Kier alpha value is -2.30. The minimum atomic E-state index is 0.221. The summed E-state index contributed by atoms with van der Waals surface area (Å²) in [7, 11) is 0. The summed E-state index contributed by atoms with van der Waals surface area (Å²) in [5.41, 5.74) is 2.44. The van der Waals surface area contributed by atoms with Crippen LogP contribution in [0, 0.1) is 0 Å². The van der Waals surface area contributed by atoms with Crippen LogP contribution >= 0.6 is 0 Å². The summed E-state index contributed by atoms with van der Waals surface area (Å²) in [6, 6.07) is 10.9. The molecule has 26 heavy (non-hydrogen) atoms. The molecular formula is C21H27N5. The third-order valence-electron chi connectivity index (χ3n) is 5.96. The van der Waals surface area contributed by atoms with Gasteiger partial charge in [0.25, 0.3) is 0 Å². The van der Waals surface area contributed by atoms with Crippen LogP contribution in [-0.4, -0.2) is 40.5 Å². The molecule has 1 fully saturated rings. The molecule has 1 aromatic heterocycles. The van der Waals surface area contributed by atoms with Crippen LogP contribution in [0.3, 0.4) is 0 Å². The fourth-order valence-electron chi connectivity index (χ4n) is 4.65. The lowest BCUT2D eigenvalue weighted by Gasteiger charge is -2.34. The SMILES string of the molecule is CCCN1CN2CC(c3ccccc3)N=C2c2[nH]c(C3CCCC3)nc21. The zero-order valence-corrected chi connectivity index (χ0v) is 15.5. The summed E-state index contributed by atoms with van der Waals surface area (Å²) in [5, 5.41) is 0. The predicted octanol–water partition coefficient (Wildman–Crippen LogP) is 4.06. The molecule has 0 spiro atoms. The largest absolute Gasteiger partial charge is 0.337 e. The monoisotopic (exact) mass is 349 g/mol. The maximum Gasteiger partial charge on any atom is 0.159 e. The minimum Gasteiger partial charge on any atom is -0.337 e. The number of imidazole rings is 1. The Bertz CT molecular complexity index is 803. The normalized spacial score (nSPS) is 22.5. The molecule has 0 radical (unpaired) electrons. The zero-order chi connectivity index (χ0) is 17.5. The van der Waals surface area contributed by atoms with E-state index in [0.29, 0.717) is 5.92 Å². The number of H-pyrrole nitrogens is 1. The molecule has 3 heterocycles. The number of amidine groups is 1. The Kier molecular flexibility index (Phi) is 3.95. The maximum absolute atomic E-state index is 5.10. The molecule has 2 aliphatic heterocycles. The number of hydrogen-bond acceptors (Lipinski definition) is 4. The van der Waals surface area contributed by atoms with Gasteiger partial charge in [0.1, 0.15) is 11.5 Å². The van der Waals surface area contributed by atoms with Gasteiger partial charge in [0, 0.05) is 19.0 Å². The van der Waals surface area contributed by atoms with Crippen LogP contribution in [0.5, 0.6) is 0 Å². The van der Waals surface area contributed by atoms with Crippen LogP contribution in [0.2, 0.25) is 0 Å². The number of nitrogens with zero attached hydrogens (tertiary/aromatic N) is 4. The second kappa shape index (κ2) is 6.45. The summed E-state index contributed by atoms with van der Waals surface area (Å²) in [6.45, 7) is 5.14. The predicted molar refractivity (Wildman–Crippen MR) is 105 cm³/mol. The number of aromatic nitrogens is 2. The molecule has 2 aromatic rings. The van der Waals surface area contributed by atoms with Crippen LogP contribution in [0.1, 0.15) is 68.1 Å². The Balaban J connectivity index is 1.52. The van der Waals surface area contributed by atoms with Gasteiger partial charge >= 0.3 is 0 Å². The smallest absolute Gasteiger partial charge is 0.159 e. The summed E-state index contributed by atoms with van der Waals surface area (Å²) in [6.07, 6.45) is 6.33. The summed E-state index contributed by atoms with van der Waals surface area (Å²) >= 11 is 0. The van der Waals surface area contributed by atoms with Crippen molar-refractivity contribution in [2.45, 2.75) is 51.0 Å². The second-order valence-corrected chi connectivity index (χ2v) is 7.81. The van der Waals surface area contributed by atoms with Crippen molar-refractivity contribution in [3.05, 3.63) is 47.4 Å². The van der Waals surface area contributed by atoms with Crippen molar-refractivity contribution in [3.63, 3.8) is 0 Å². The first-order chi connectivity index (χ1) is 12.8. The third-order valence-corrected chi connectivity index (χ3v) is 5.96. The van der Waals surface area contributed by atoms with Crippen LogP contribution in [-0.2, 0) is 0 Å². The quantitative estimate of drug-likeness (QED) is 0.905. The molecule has 136 valence electrons. The molecule has 5 rings (SSSR count). The van der Waals surface area contributed by atoms with E-state index in [4.69, 9.17) is 9.98 Å². The molecule has 1 N–H and O–H groups in total. The minimum absolute atomic E-state index is 0.221. The number of fused-ring (bicyclic) bond motifs is 3. The third kappa shape index (κ3) is 2.61. The standard InChI is InChI=1S/C21H27N5/c1-2-12-25-14-26-13-17(15-8-4-3-5-9-15)22-20(26)18-21(25)24-19(23-18)16-10-6-7-11-16/h3-5,8-9,16-17H,2,6-7,10-14H2,1H3,(H,23,24). The van der Waals surface area contributed by atoms with Crippen LogP contribution in [0.4, 0.5) is 5.82 Å². The lowest BCUT2D eigenvalue weighted by molar-refractivity contribution is 0.410. The number of anilines is 1. The average molecular weight is 349 g/mol. The number of hydrogen-bond donors (Lipinski definition) is 1. The van der Waals surface area contributed by atoms with Gasteiger partial charge in [-0.25, -0.2) is 4.98 Å². The van der Waals surface area contributed by atoms with Gasteiger partial charge in [-0.15, -0.1) is 0 Å². The van der Waals surface area contributed by atoms with Crippen molar-refractivity contribution < 1.29 is 0 Å². The number of aliphatic imine (C=N–C) groups is 1. The van der Waals surface area contributed by atoms with E-state index in [1.165, 1.54) is 37.1 Å². The van der Waals surface area contributed by atoms with Gasteiger partial charge in [-0.05, 0) is 24.8 Å². The number of rotatable bonds is 4. The lowest BCUT2D eigenvalue weighted by Crippen LogP contribution is -2.45. The molecule has 3 aliphatic rings. The van der Waals surface area contributed by atoms with Gasteiger partial charge in [0.05, 0.1) is 12.7 Å². The van der Waals surface area contributed by atoms with Gasteiger partial charge in [0.15, 0.2) is 11.7 Å². The molecule has 0 saturated heterocycles. The van der Waals surface area contributed by atoms with Crippen LogP contribution in [0.15, 0.2) is 35.3 Å². The molecule has 1 unspecified atom stereocenters. The highest BCUT2D eigenvalue weighted by molar-refractivity contribution is 6.04. The van der Waals surface area contributed by atoms with Crippen LogP contribution < -0.4 is 4.90 Å². The highest BCUT2D eigenvalue weighted by Gasteiger charge is 2.37. The topological polar surface area (TPSA) is 47.5 Å². The summed E-state index contributed by atoms with van der Waals surface area (Å²) in [4.78, 5) is 18.7. The molecule has 1 aromatic carbocycles. The first kappa shape index (κ1) is 15.9. The van der Waals surface area contributed by atoms with Gasteiger partial charge < -0.3 is 14.8 Å². The van der Waals surface area contributed by atoms with E-state index in [0.717, 1.165) is 43.5 Å². The van der Waals surface area contributed by atoms with E-state index < -0.39 is 0 Å². The fraction of sp³-hybridized carbons (Fsp3) is 0.524. The Morgan fingerprint density at radius 1 is 1.15 bits per heavy atom. The maximum atomic E-state index is 5.10. The van der Waals surface area contributed by atoms with Gasteiger partial charge in [-0.1, -0.05) is 50.1 Å². The fourth-order valence-corrected chi connectivity index (χ4v) is 4.65. The Labute approximate surface area is 155 Å². The van der Waals surface area contributed by atoms with Crippen molar-refractivity contribution >= 4 is 11.7 Å². The molecule has 1 aliphatic carbocycles. The molecule has 0 bridgehead atoms. The van der Waals surface area contributed by atoms with Crippen molar-refractivity contribution in [1.82, 2.24) is 14.9 Å². The zero-order valence-electron chi connectivity index (χ0n) is 15.5. The first-order valence-electron chi connectivity index (χ1n) is 10.1. The van der Waals surface area contributed by atoms with E-state index in [-0.39, 0.29) is 6.04 Å². The Morgan fingerprint density at radius 3 is 2.73 bits per heavy atom. The summed E-state index contributed by atoms with van der Waals surface area (Å²) < 4.78 is 0. The molecule has 5 nitrogen and oxygen atoms in total. The van der Waals surface area contributed by atoms with Crippen molar-refractivity contribution in [2.75, 3.05) is 24.7 Å². The molecule has 0 amide bonds. The van der Waals surface area contributed by atoms with E-state index in [9.17, 15) is 0 Å². The Morgan fingerprint density at radius 2 is 1.96 bits per heavy atom. The van der Waals surface area contributed by atoms with Gasteiger partial charge in [-0.3, -0.25) is 4.99 Å². The molecule has 1 atom stereocenters. The molecular weight excluding hydrogens is 322 g/mol. The number of aromatic amines is 1. The van der Waals surface area contributed by atoms with Gasteiger partial charge in [-0.2, -0.15) is 0 Å². The van der Waals surface area contributed by atoms with E-state index in [2.05, 4.69) is 52.0 Å². The number of benzene rings is 1. The first-order valence-corrected chi connectivity index (χ1v) is 10.1. The van der Waals surface area contributed by atoms with E-state index in [1.54, 1.807) is 0 Å². The van der Waals surface area contributed by atoms with Crippen molar-refractivity contribution in [2.24, 2.45) is 4.99 Å². The summed E-state index contributed by atoms with van der Waals surface area (Å²) in [5.74, 6) is 4.01. The lowest BCUT2D eigenvalue weighted by atomic mass is 10.1. The second-order valence-electron chi connectivity index (χ2n) is 7.81. The van der Waals surface area contributed by atoms with Crippen molar-refractivity contribution in [1.29, 1.82) is 0 Å². The highest BCUT2D eigenvalue weighted by Crippen LogP contribution is 2.38. The molecule has 5 heteroatoms. The molecule has 1 saturated carbocycles.